The van der Waals surface area contributed by atoms with E-state index in [1.165, 1.54) is 30.3 Å². The number of benzene rings is 2. The molecule has 0 N–H and O–H groups in total. The van der Waals surface area contributed by atoms with Crippen LogP contribution in [0.15, 0.2) is 48.2 Å². The quantitative estimate of drug-likeness (QED) is 0.462. The molecule has 0 saturated carbocycles. The molecule has 2 aromatic rings. The number of esters is 1. The fourth-order valence-corrected chi connectivity index (χ4v) is 2.22. The van der Waals surface area contributed by atoms with E-state index >= 15 is 0 Å². The first kappa shape index (κ1) is 16.9. The Morgan fingerprint density at radius 3 is 2.56 bits per heavy atom. The van der Waals surface area contributed by atoms with Crippen LogP contribution in [0.3, 0.4) is 0 Å². The van der Waals surface area contributed by atoms with E-state index in [1.54, 1.807) is 39.0 Å². The predicted octanol–water partition coefficient (Wildman–Crippen LogP) is 4.39. The number of fused-ring (bicyclic) bond motifs is 1. The molecule has 25 heavy (non-hydrogen) atoms. The van der Waals surface area contributed by atoms with E-state index in [1.807, 2.05) is 0 Å². The Morgan fingerprint density at radius 2 is 1.88 bits per heavy atom. The van der Waals surface area contributed by atoms with Gasteiger partial charge in [0.05, 0.1) is 11.0 Å². The fourth-order valence-electron chi connectivity index (χ4n) is 2.22. The largest absolute Gasteiger partial charge is 0.452 e. The summed E-state index contributed by atoms with van der Waals surface area (Å²) in [6, 6.07) is 10.7. The molecule has 4 nitrogen and oxygen atoms in total. The highest BCUT2D eigenvalue weighted by molar-refractivity contribution is 6.14. The van der Waals surface area contributed by atoms with Gasteiger partial charge in [-0.1, -0.05) is 18.2 Å². The van der Waals surface area contributed by atoms with E-state index in [0.717, 1.165) is 0 Å². The number of hydrogen-bond acceptors (Lipinski definition) is 4. The zero-order chi connectivity index (χ0) is 18.2. The summed E-state index contributed by atoms with van der Waals surface area (Å²) in [5.41, 5.74) is -0.0397. The summed E-state index contributed by atoms with van der Waals surface area (Å²) >= 11 is 0. The summed E-state index contributed by atoms with van der Waals surface area (Å²) in [4.78, 5) is 24.3. The van der Waals surface area contributed by atoms with Crippen LogP contribution in [0.5, 0.6) is 11.5 Å². The topological polar surface area (TPSA) is 52.6 Å². The van der Waals surface area contributed by atoms with Gasteiger partial charge in [0.25, 0.3) is 0 Å². The minimum Gasteiger partial charge on any atom is -0.452 e. The zero-order valence-electron chi connectivity index (χ0n) is 14.1. The molecule has 2 aromatic carbocycles. The van der Waals surface area contributed by atoms with Crippen LogP contribution in [0, 0.1) is 11.2 Å². The van der Waals surface area contributed by atoms with E-state index in [2.05, 4.69) is 0 Å². The molecule has 1 heterocycles. The molecule has 0 saturated heterocycles. The van der Waals surface area contributed by atoms with Crippen molar-refractivity contribution in [2.24, 2.45) is 5.41 Å². The second-order valence-electron chi connectivity index (χ2n) is 6.76. The molecule has 0 fully saturated rings. The minimum absolute atomic E-state index is 0.0272. The Bertz CT molecular complexity index is 891. The minimum atomic E-state index is -0.647. The van der Waals surface area contributed by atoms with Crippen molar-refractivity contribution in [1.82, 2.24) is 0 Å². The summed E-state index contributed by atoms with van der Waals surface area (Å²) in [6.07, 6.45) is 1.36. The maximum atomic E-state index is 13.7. The van der Waals surface area contributed by atoms with Gasteiger partial charge in [0.2, 0.25) is 5.78 Å². The van der Waals surface area contributed by atoms with Crippen molar-refractivity contribution < 1.29 is 23.5 Å². The number of carbonyl (C=O) groups excluding carboxylic acids is 2. The molecule has 5 heteroatoms. The number of rotatable bonds is 2. The number of ether oxygens (including phenoxy) is 2. The third-order valence-electron chi connectivity index (χ3n) is 3.66. The monoisotopic (exact) mass is 340 g/mol. The first-order chi connectivity index (χ1) is 11.8. The van der Waals surface area contributed by atoms with E-state index in [0.29, 0.717) is 11.3 Å². The van der Waals surface area contributed by atoms with E-state index in [4.69, 9.17) is 9.47 Å². The van der Waals surface area contributed by atoms with Gasteiger partial charge in [0, 0.05) is 11.6 Å². The van der Waals surface area contributed by atoms with Gasteiger partial charge in [-0.3, -0.25) is 9.59 Å². The van der Waals surface area contributed by atoms with Crippen LogP contribution in [0.25, 0.3) is 6.08 Å². The number of allylic oxidation sites excluding steroid dienone is 1. The van der Waals surface area contributed by atoms with Crippen LogP contribution in [-0.2, 0) is 4.79 Å². The van der Waals surface area contributed by atoms with Crippen LogP contribution < -0.4 is 9.47 Å². The third kappa shape index (κ3) is 3.45. The zero-order valence-corrected chi connectivity index (χ0v) is 14.1. The fraction of sp³-hybridized carbons (Fsp3) is 0.200. The van der Waals surface area contributed by atoms with Crippen LogP contribution in [0.1, 0.15) is 36.7 Å². The molecular formula is C20H17FO4. The van der Waals surface area contributed by atoms with Gasteiger partial charge in [-0.25, -0.2) is 4.39 Å². The normalized spacial score (nSPS) is 15.0. The second kappa shape index (κ2) is 6.16. The highest BCUT2D eigenvalue weighted by Gasteiger charge is 2.29. The first-order valence-electron chi connectivity index (χ1n) is 7.81. The molecule has 0 aromatic heterocycles. The summed E-state index contributed by atoms with van der Waals surface area (Å²) < 4.78 is 24.6. The lowest BCUT2D eigenvalue weighted by Gasteiger charge is -2.16. The Labute approximate surface area is 144 Å². The van der Waals surface area contributed by atoms with Gasteiger partial charge in [-0.15, -0.1) is 0 Å². The molecule has 0 aliphatic carbocycles. The highest BCUT2D eigenvalue weighted by atomic mass is 19.1. The number of carbonyl (C=O) groups is 2. The summed E-state index contributed by atoms with van der Waals surface area (Å²) in [6.45, 7) is 5.24. The molecule has 0 radical (unpaired) electrons. The van der Waals surface area contributed by atoms with Gasteiger partial charge >= 0.3 is 5.97 Å². The lowest BCUT2D eigenvalue weighted by Crippen LogP contribution is -2.25. The Hall–Kier alpha value is -2.95. The SMILES string of the molecule is CC(C)(C)C(=O)Oc1ccc2c(c1)O/C(=C\c1ccccc1F)C2=O. The number of Topliss-reactive ketones (excluding diaryl/α,β-unsaturated/α-hetero) is 1. The number of ketones is 1. The number of hydrogen-bond donors (Lipinski definition) is 0. The summed E-state index contributed by atoms with van der Waals surface area (Å²) in [5.74, 6) is -0.571. The van der Waals surface area contributed by atoms with Crippen molar-refractivity contribution in [3.63, 3.8) is 0 Å². The highest BCUT2D eigenvalue weighted by Crippen LogP contribution is 2.35. The van der Waals surface area contributed by atoms with E-state index in [9.17, 15) is 14.0 Å². The first-order valence-corrected chi connectivity index (χ1v) is 7.81. The summed E-state index contributed by atoms with van der Waals surface area (Å²) in [5, 5.41) is 0. The smallest absolute Gasteiger partial charge is 0.316 e. The summed E-state index contributed by atoms with van der Waals surface area (Å²) in [7, 11) is 0. The molecule has 128 valence electrons. The Balaban J connectivity index is 1.87. The Morgan fingerprint density at radius 1 is 1.16 bits per heavy atom. The van der Waals surface area contributed by atoms with Crippen molar-refractivity contribution in [3.05, 3.63) is 65.2 Å². The number of halogens is 1. The van der Waals surface area contributed by atoms with E-state index < -0.39 is 11.2 Å². The van der Waals surface area contributed by atoms with Crippen molar-refractivity contribution in [2.75, 3.05) is 0 Å². The van der Waals surface area contributed by atoms with Gasteiger partial charge in [0.15, 0.2) is 5.76 Å². The van der Waals surface area contributed by atoms with Gasteiger partial charge in [0.1, 0.15) is 17.3 Å². The maximum Gasteiger partial charge on any atom is 0.316 e. The molecule has 3 rings (SSSR count). The van der Waals surface area contributed by atoms with Crippen LogP contribution in [0.4, 0.5) is 4.39 Å². The third-order valence-corrected chi connectivity index (χ3v) is 3.66. The predicted molar refractivity (Wildman–Crippen MR) is 90.9 cm³/mol. The molecule has 0 bridgehead atoms. The van der Waals surface area contributed by atoms with Crippen molar-refractivity contribution in [3.8, 4) is 11.5 Å². The molecule has 0 spiro atoms. The van der Waals surface area contributed by atoms with Crippen LogP contribution in [-0.4, -0.2) is 11.8 Å². The second-order valence-corrected chi connectivity index (χ2v) is 6.76. The van der Waals surface area contributed by atoms with Gasteiger partial charge in [-0.05, 0) is 45.0 Å². The molecule has 0 amide bonds. The molecule has 1 aliphatic heterocycles. The Kier molecular flexibility index (Phi) is 4.17. The lowest BCUT2D eigenvalue weighted by molar-refractivity contribution is -0.143. The van der Waals surface area contributed by atoms with Crippen molar-refractivity contribution >= 4 is 17.8 Å². The maximum absolute atomic E-state index is 13.7. The molecule has 1 aliphatic rings. The lowest BCUT2D eigenvalue weighted by atomic mass is 9.97. The van der Waals surface area contributed by atoms with Crippen LogP contribution >= 0.6 is 0 Å². The van der Waals surface area contributed by atoms with Crippen molar-refractivity contribution in [2.45, 2.75) is 20.8 Å². The van der Waals surface area contributed by atoms with Gasteiger partial charge in [-0.2, -0.15) is 0 Å². The van der Waals surface area contributed by atoms with E-state index in [-0.39, 0.29) is 28.8 Å². The molecule has 0 unspecified atom stereocenters. The molecule has 0 atom stereocenters. The van der Waals surface area contributed by atoms with Gasteiger partial charge < -0.3 is 9.47 Å². The van der Waals surface area contributed by atoms with Crippen LogP contribution in [0.2, 0.25) is 0 Å². The average molecular weight is 340 g/mol. The average Bonchev–Trinajstić information content (AvgIpc) is 2.84. The molecular weight excluding hydrogens is 323 g/mol. The standard InChI is InChI=1S/C20H17FO4/c1-20(2,3)19(23)24-13-8-9-14-16(11-13)25-17(18(14)22)10-12-6-4-5-7-15(12)21/h4-11H,1-3H3/b17-10-. The van der Waals surface area contributed by atoms with Crippen molar-refractivity contribution in [1.29, 1.82) is 0 Å².